The van der Waals surface area contributed by atoms with Gasteiger partial charge in [0.15, 0.2) is 5.76 Å². The number of hydrogen-bond donors (Lipinski definition) is 0. The summed E-state index contributed by atoms with van der Waals surface area (Å²) in [7, 11) is 0. The van der Waals surface area contributed by atoms with Crippen LogP contribution in [0.1, 0.15) is 11.7 Å². The fraction of sp³-hybridized carbons (Fsp3) is 0.105. The molecule has 4 nitrogen and oxygen atoms in total. The molecule has 118 valence electrons. The van der Waals surface area contributed by atoms with E-state index in [9.17, 15) is 0 Å². The molecular formula is C19H15N3OS. The molecule has 2 aromatic carbocycles. The minimum Gasteiger partial charge on any atom is -0.440 e. The van der Waals surface area contributed by atoms with Gasteiger partial charge in [0, 0.05) is 10.9 Å². The van der Waals surface area contributed by atoms with Crippen molar-refractivity contribution in [2.45, 2.75) is 17.7 Å². The Bertz CT molecular complexity index is 982. The van der Waals surface area contributed by atoms with Crippen LogP contribution >= 0.6 is 11.8 Å². The van der Waals surface area contributed by atoms with Crippen LogP contribution in [0.15, 0.2) is 70.2 Å². The summed E-state index contributed by atoms with van der Waals surface area (Å²) in [5.41, 5.74) is 1.99. The van der Waals surface area contributed by atoms with Gasteiger partial charge in [-0.15, -0.1) is 0 Å². The Hall–Kier alpha value is -2.66. The summed E-state index contributed by atoms with van der Waals surface area (Å²) in [5, 5.41) is 2.01. The van der Waals surface area contributed by atoms with Crippen molar-refractivity contribution in [1.82, 2.24) is 15.0 Å². The summed E-state index contributed by atoms with van der Waals surface area (Å²) < 4.78 is 5.86. The first-order chi connectivity index (χ1) is 11.8. The lowest BCUT2D eigenvalue weighted by Crippen LogP contribution is -1.93. The second-order valence-electron chi connectivity index (χ2n) is 5.37. The summed E-state index contributed by atoms with van der Waals surface area (Å²) in [6, 6.07) is 18.0. The highest BCUT2D eigenvalue weighted by molar-refractivity contribution is 7.98. The van der Waals surface area contributed by atoms with E-state index in [2.05, 4.69) is 15.0 Å². The van der Waals surface area contributed by atoms with Crippen molar-refractivity contribution in [3.8, 4) is 11.3 Å². The molecule has 4 aromatic rings. The standard InChI is InChI=1S/C19H15N3OS/c1-13-21-16-10-6-5-9-15(16)19(22-13)24-12-18-20-11-17(23-18)14-7-3-2-4-8-14/h2-11H,12H2,1H3. The van der Waals surface area contributed by atoms with E-state index >= 15 is 0 Å². The lowest BCUT2D eigenvalue weighted by atomic mass is 10.2. The lowest BCUT2D eigenvalue weighted by molar-refractivity contribution is 0.530. The molecule has 0 saturated heterocycles. The topological polar surface area (TPSA) is 51.8 Å². The van der Waals surface area contributed by atoms with Gasteiger partial charge in [0.1, 0.15) is 10.9 Å². The van der Waals surface area contributed by atoms with E-state index in [4.69, 9.17) is 4.42 Å². The highest BCUT2D eigenvalue weighted by Crippen LogP contribution is 2.29. The Labute approximate surface area is 144 Å². The zero-order valence-corrected chi connectivity index (χ0v) is 14.0. The Morgan fingerprint density at radius 3 is 2.62 bits per heavy atom. The quantitative estimate of drug-likeness (QED) is 0.393. The van der Waals surface area contributed by atoms with Crippen LogP contribution in [-0.4, -0.2) is 15.0 Å². The normalized spacial score (nSPS) is 11.0. The molecule has 0 bridgehead atoms. The van der Waals surface area contributed by atoms with Crippen molar-refractivity contribution in [2.75, 3.05) is 0 Å². The maximum Gasteiger partial charge on any atom is 0.205 e. The van der Waals surface area contributed by atoms with Crippen LogP contribution in [0.3, 0.4) is 0 Å². The molecule has 4 rings (SSSR count). The number of benzene rings is 2. The number of rotatable bonds is 4. The van der Waals surface area contributed by atoms with Crippen LogP contribution in [0, 0.1) is 6.92 Å². The molecule has 0 saturated carbocycles. The van der Waals surface area contributed by atoms with Crippen LogP contribution in [-0.2, 0) is 5.75 Å². The van der Waals surface area contributed by atoms with Gasteiger partial charge in [-0.1, -0.05) is 60.3 Å². The minimum atomic E-state index is 0.632. The second-order valence-corrected chi connectivity index (χ2v) is 6.33. The monoisotopic (exact) mass is 333 g/mol. The van der Waals surface area contributed by atoms with Gasteiger partial charge in [-0.3, -0.25) is 0 Å². The van der Waals surface area contributed by atoms with Crippen LogP contribution in [0.4, 0.5) is 0 Å². The molecule has 5 heteroatoms. The van der Waals surface area contributed by atoms with Gasteiger partial charge in [0.05, 0.1) is 17.5 Å². The number of oxazole rings is 1. The van der Waals surface area contributed by atoms with Gasteiger partial charge < -0.3 is 4.42 Å². The molecule has 0 spiro atoms. The number of nitrogens with zero attached hydrogens (tertiary/aromatic N) is 3. The zero-order chi connectivity index (χ0) is 16.4. The average molecular weight is 333 g/mol. The predicted octanol–water partition coefficient (Wildman–Crippen LogP) is 4.89. The highest BCUT2D eigenvalue weighted by atomic mass is 32.2. The van der Waals surface area contributed by atoms with E-state index in [1.165, 1.54) is 0 Å². The third-order valence-electron chi connectivity index (χ3n) is 3.62. The first-order valence-corrected chi connectivity index (χ1v) is 8.64. The van der Waals surface area contributed by atoms with Crippen molar-refractivity contribution < 1.29 is 4.42 Å². The van der Waals surface area contributed by atoms with E-state index in [0.717, 1.165) is 33.1 Å². The van der Waals surface area contributed by atoms with E-state index in [-0.39, 0.29) is 0 Å². The van der Waals surface area contributed by atoms with Crippen molar-refractivity contribution in [3.63, 3.8) is 0 Å². The summed E-state index contributed by atoms with van der Waals surface area (Å²) in [6.07, 6.45) is 1.77. The SMILES string of the molecule is Cc1nc(SCc2ncc(-c3ccccc3)o2)c2ccccc2n1. The predicted molar refractivity (Wildman–Crippen MR) is 95.8 cm³/mol. The Morgan fingerprint density at radius 1 is 0.958 bits per heavy atom. The molecular weight excluding hydrogens is 318 g/mol. The Morgan fingerprint density at radius 2 is 1.75 bits per heavy atom. The third-order valence-corrected chi connectivity index (χ3v) is 4.60. The molecule has 0 unspecified atom stereocenters. The molecule has 2 aromatic heterocycles. The largest absolute Gasteiger partial charge is 0.440 e. The first kappa shape index (κ1) is 14.9. The zero-order valence-electron chi connectivity index (χ0n) is 13.1. The highest BCUT2D eigenvalue weighted by Gasteiger charge is 2.10. The molecule has 0 atom stereocenters. The van der Waals surface area contributed by atoms with Crippen LogP contribution in [0.25, 0.3) is 22.2 Å². The van der Waals surface area contributed by atoms with E-state index < -0.39 is 0 Å². The number of para-hydroxylation sites is 1. The third kappa shape index (κ3) is 3.03. The molecule has 0 aliphatic carbocycles. The van der Waals surface area contributed by atoms with E-state index in [0.29, 0.717) is 11.6 Å². The minimum absolute atomic E-state index is 0.632. The summed E-state index contributed by atoms with van der Waals surface area (Å²) >= 11 is 1.62. The summed E-state index contributed by atoms with van der Waals surface area (Å²) in [5.74, 6) is 2.88. The van der Waals surface area contributed by atoms with Crippen molar-refractivity contribution in [2.24, 2.45) is 0 Å². The number of thioether (sulfide) groups is 1. The van der Waals surface area contributed by atoms with E-state index in [1.807, 2.05) is 61.5 Å². The molecule has 0 N–H and O–H groups in total. The molecule has 24 heavy (non-hydrogen) atoms. The molecule has 0 amide bonds. The van der Waals surface area contributed by atoms with Gasteiger partial charge in [0.25, 0.3) is 0 Å². The molecule has 2 heterocycles. The summed E-state index contributed by atoms with van der Waals surface area (Å²) in [4.78, 5) is 13.4. The van der Waals surface area contributed by atoms with Crippen molar-refractivity contribution >= 4 is 22.7 Å². The maximum atomic E-state index is 5.86. The average Bonchev–Trinajstić information content (AvgIpc) is 3.09. The fourth-order valence-corrected chi connectivity index (χ4v) is 3.43. The first-order valence-electron chi connectivity index (χ1n) is 7.66. The van der Waals surface area contributed by atoms with Gasteiger partial charge in [-0.2, -0.15) is 0 Å². The molecule has 0 fully saturated rings. The smallest absolute Gasteiger partial charge is 0.205 e. The van der Waals surface area contributed by atoms with Crippen LogP contribution < -0.4 is 0 Å². The van der Waals surface area contributed by atoms with E-state index in [1.54, 1.807) is 18.0 Å². The van der Waals surface area contributed by atoms with Crippen molar-refractivity contribution in [1.29, 1.82) is 0 Å². The van der Waals surface area contributed by atoms with Gasteiger partial charge in [-0.05, 0) is 13.0 Å². The van der Waals surface area contributed by atoms with Gasteiger partial charge in [-0.25, -0.2) is 15.0 Å². The van der Waals surface area contributed by atoms with Crippen molar-refractivity contribution in [3.05, 3.63) is 72.5 Å². The molecule has 0 radical (unpaired) electrons. The van der Waals surface area contributed by atoms with Crippen LogP contribution in [0.5, 0.6) is 0 Å². The lowest BCUT2D eigenvalue weighted by Gasteiger charge is -2.05. The maximum absolute atomic E-state index is 5.86. The Kier molecular flexibility index (Phi) is 4.01. The Balaban J connectivity index is 1.57. The number of hydrogen-bond acceptors (Lipinski definition) is 5. The number of aryl methyl sites for hydroxylation is 1. The van der Waals surface area contributed by atoms with Crippen LogP contribution in [0.2, 0.25) is 0 Å². The fourth-order valence-electron chi connectivity index (χ4n) is 2.51. The second kappa shape index (κ2) is 6.45. The molecule has 0 aliphatic heterocycles. The number of aromatic nitrogens is 3. The van der Waals surface area contributed by atoms with Gasteiger partial charge in [0.2, 0.25) is 5.89 Å². The number of fused-ring (bicyclic) bond motifs is 1. The summed E-state index contributed by atoms with van der Waals surface area (Å²) in [6.45, 7) is 1.91. The van der Waals surface area contributed by atoms with Gasteiger partial charge >= 0.3 is 0 Å². The molecule has 0 aliphatic rings.